The number of ketones is 1. The highest BCUT2D eigenvalue weighted by Gasteiger charge is 2.34. The fourth-order valence-electron chi connectivity index (χ4n) is 1.31. The Kier molecular flexibility index (Phi) is 4.45. The van der Waals surface area contributed by atoms with Gasteiger partial charge in [0.15, 0.2) is 5.78 Å². The SMILES string of the molecule is CC(C)NCC(=O)c1ccc(F)c(C(F)(F)F)c1. The summed E-state index contributed by atoms with van der Waals surface area (Å²) >= 11 is 0. The van der Waals surface area contributed by atoms with Gasteiger partial charge in [-0.15, -0.1) is 0 Å². The zero-order chi connectivity index (χ0) is 13.9. The average Bonchev–Trinajstić information content (AvgIpc) is 2.24. The summed E-state index contributed by atoms with van der Waals surface area (Å²) < 4.78 is 50.3. The van der Waals surface area contributed by atoms with Gasteiger partial charge in [-0.05, 0) is 18.2 Å². The Morgan fingerprint density at radius 3 is 2.44 bits per heavy atom. The Morgan fingerprint density at radius 2 is 1.94 bits per heavy atom. The molecule has 0 saturated heterocycles. The van der Waals surface area contributed by atoms with Crippen molar-refractivity contribution >= 4 is 5.78 Å². The summed E-state index contributed by atoms with van der Waals surface area (Å²) in [7, 11) is 0. The summed E-state index contributed by atoms with van der Waals surface area (Å²) in [5, 5.41) is 2.79. The predicted molar refractivity (Wildman–Crippen MR) is 58.9 cm³/mol. The quantitative estimate of drug-likeness (QED) is 0.668. The third kappa shape index (κ3) is 3.80. The molecular formula is C12H13F4NO. The summed E-state index contributed by atoms with van der Waals surface area (Å²) in [5.74, 6) is -1.88. The summed E-state index contributed by atoms with van der Waals surface area (Å²) in [6.45, 7) is 3.53. The van der Waals surface area contributed by atoms with Crippen molar-refractivity contribution in [1.82, 2.24) is 5.32 Å². The lowest BCUT2D eigenvalue weighted by atomic mass is 10.1. The highest BCUT2D eigenvalue weighted by atomic mass is 19.4. The van der Waals surface area contributed by atoms with Gasteiger partial charge < -0.3 is 5.32 Å². The highest BCUT2D eigenvalue weighted by molar-refractivity contribution is 5.97. The van der Waals surface area contributed by atoms with E-state index in [1.54, 1.807) is 13.8 Å². The van der Waals surface area contributed by atoms with E-state index in [0.29, 0.717) is 12.1 Å². The lowest BCUT2D eigenvalue weighted by molar-refractivity contribution is -0.140. The van der Waals surface area contributed by atoms with Crippen LogP contribution in [0.2, 0.25) is 0 Å². The van der Waals surface area contributed by atoms with Crippen LogP contribution in [0, 0.1) is 5.82 Å². The number of Topliss-reactive ketones (excluding diaryl/α,β-unsaturated/α-hetero) is 1. The summed E-state index contributed by atoms with van der Waals surface area (Å²) in [4.78, 5) is 11.6. The first kappa shape index (κ1) is 14.6. The van der Waals surface area contributed by atoms with Crippen molar-refractivity contribution in [3.63, 3.8) is 0 Å². The second kappa shape index (κ2) is 5.48. The van der Waals surface area contributed by atoms with Crippen molar-refractivity contribution in [3.8, 4) is 0 Å². The number of hydrogen-bond acceptors (Lipinski definition) is 2. The van der Waals surface area contributed by atoms with E-state index in [0.717, 1.165) is 6.07 Å². The van der Waals surface area contributed by atoms with E-state index in [1.165, 1.54) is 0 Å². The van der Waals surface area contributed by atoms with Crippen LogP contribution < -0.4 is 5.32 Å². The molecule has 18 heavy (non-hydrogen) atoms. The molecule has 1 N–H and O–H groups in total. The van der Waals surface area contributed by atoms with Crippen LogP contribution in [0.25, 0.3) is 0 Å². The molecule has 0 aliphatic carbocycles. The van der Waals surface area contributed by atoms with Crippen LogP contribution in [0.4, 0.5) is 17.6 Å². The molecule has 0 radical (unpaired) electrons. The van der Waals surface area contributed by atoms with Crippen molar-refractivity contribution in [2.75, 3.05) is 6.54 Å². The molecule has 0 aliphatic heterocycles. The predicted octanol–water partition coefficient (Wildman–Crippen LogP) is 3.03. The van der Waals surface area contributed by atoms with Gasteiger partial charge in [-0.25, -0.2) is 4.39 Å². The molecule has 1 aromatic carbocycles. The summed E-state index contributed by atoms with van der Waals surface area (Å²) in [6, 6.07) is 2.29. The van der Waals surface area contributed by atoms with Crippen LogP contribution in [0.15, 0.2) is 18.2 Å². The van der Waals surface area contributed by atoms with Crippen molar-refractivity contribution < 1.29 is 22.4 Å². The maximum absolute atomic E-state index is 13.0. The van der Waals surface area contributed by atoms with E-state index in [2.05, 4.69) is 5.32 Å². The summed E-state index contributed by atoms with van der Waals surface area (Å²) in [6.07, 6.45) is -4.80. The minimum Gasteiger partial charge on any atom is -0.307 e. The Morgan fingerprint density at radius 1 is 1.33 bits per heavy atom. The molecule has 6 heteroatoms. The number of halogens is 4. The minimum atomic E-state index is -4.80. The first-order valence-corrected chi connectivity index (χ1v) is 5.35. The molecular weight excluding hydrogens is 250 g/mol. The smallest absolute Gasteiger partial charge is 0.307 e. The molecule has 2 nitrogen and oxygen atoms in total. The molecule has 1 aromatic rings. The van der Waals surface area contributed by atoms with E-state index < -0.39 is 23.3 Å². The molecule has 0 heterocycles. The Balaban J connectivity index is 2.95. The second-order valence-electron chi connectivity index (χ2n) is 4.15. The molecule has 1 rings (SSSR count). The van der Waals surface area contributed by atoms with Gasteiger partial charge in [0.25, 0.3) is 0 Å². The van der Waals surface area contributed by atoms with Crippen molar-refractivity contribution in [2.45, 2.75) is 26.1 Å². The van der Waals surface area contributed by atoms with Crippen LogP contribution in [-0.4, -0.2) is 18.4 Å². The summed E-state index contributed by atoms with van der Waals surface area (Å²) in [5.41, 5.74) is -1.57. The van der Waals surface area contributed by atoms with Gasteiger partial charge in [0, 0.05) is 11.6 Å². The number of alkyl halides is 3. The minimum absolute atomic E-state index is 0.0384. The molecule has 0 spiro atoms. The fraction of sp³-hybridized carbons (Fsp3) is 0.417. The monoisotopic (exact) mass is 263 g/mol. The number of hydrogen-bond donors (Lipinski definition) is 1. The number of carbonyl (C=O) groups excluding carboxylic acids is 1. The normalized spacial score (nSPS) is 11.9. The standard InChI is InChI=1S/C12H13F4NO/c1-7(2)17-6-11(18)8-3-4-10(13)9(5-8)12(14,15)16/h3-5,7,17H,6H2,1-2H3. The largest absolute Gasteiger partial charge is 0.419 e. The molecule has 0 fully saturated rings. The molecule has 0 saturated carbocycles. The number of benzene rings is 1. The van der Waals surface area contributed by atoms with Crippen molar-refractivity contribution in [1.29, 1.82) is 0 Å². The third-order valence-corrected chi connectivity index (χ3v) is 2.26. The number of rotatable bonds is 4. The van der Waals surface area contributed by atoms with Gasteiger partial charge in [-0.3, -0.25) is 4.79 Å². The maximum Gasteiger partial charge on any atom is 0.419 e. The van der Waals surface area contributed by atoms with Crippen molar-refractivity contribution in [3.05, 3.63) is 35.1 Å². The average molecular weight is 263 g/mol. The molecule has 0 atom stereocenters. The molecule has 0 unspecified atom stereocenters. The fourth-order valence-corrected chi connectivity index (χ4v) is 1.31. The number of nitrogens with one attached hydrogen (secondary N) is 1. The second-order valence-corrected chi connectivity index (χ2v) is 4.15. The van der Waals surface area contributed by atoms with Crippen molar-refractivity contribution in [2.24, 2.45) is 0 Å². The Hall–Kier alpha value is -1.43. The first-order valence-electron chi connectivity index (χ1n) is 5.35. The van der Waals surface area contributed by atoms with Crippen LogP contribution in [0.1, 0.15) is 29.8 Å². The van der Waals surface area contributed by atoms with Gasteiger partial charge in [0.2, 0.25) is 0 Å². The van der Waals surface area contributed by atoms with Crippen LogP contribution >= 0.6 is 0 Å². The van der Waals surface area contributed by atoms with E-state index >= 15 is 0 Å². The Labute approximate surface area is 102 Å². The van der Waals surface area contributed by atoms with Crippen LogP contribution in [-0.2, 0) is 6.18 Å². The van der Waals surface area contributed by atoms with Gasteiger partial charge in [0.05, 0.1) is 12.1 Å². The lowest BCUT2D eigenvalue weighted by Gasteiger charge is -2.11. The molecule has 0 amide bonds. The van der Waals surface area contributed by atoms with Gasteiger partial charge in [0.1, 0.15) is 5.82 Å². The third-order valence-electron chi connectivity index (χ3n) is 2.26. The van der Waals surface area contributed by atoms with Gasteiger partial charge in [-0.2, -0.15) is 13.2 Å². The van der Waals surface area contributed by atoms with E-state index in [4.69, 9.17) is 0 Å². The van der Waals surface area contributed by atoms with E-state index in [-0.39, 0.29) is 18.2 Å². The zero-order valence-corrected chi connectivity index (χ0v) is 9.94. The molecule has 0 aliphatic rings. The molecule has 0 bridgehead atoms. The molecule has 0 aromatic heterocycles. The van der Waals surface area contributed by atoms with Crippen LogP contribution in [0.3, 0.4) is 0 Å². The Bertz CT molecular complexity index is 440. The zero-order valence-electron chi connectivity index (χ0n) is 9.94. The van der Waals surface area contributed by atoms with E-state index in [9.17, 15) is 22.4 Å². The molecule has 100 valence electrons. The number of carbonyl (C=O) groups is 1. The van der Waals surface area contributed by atoms with Gasteiger partial charge in [-0.1, -0.05) is 13.8 Å². The topological polar surface area (TPSA) is 29.1 Å². The highest BCUT2D eigenvalue weighted by Crippen LogP contribution is 2.31. The first-order chi connectivity index (χ1) is 8.21. The van der Waals surface area contributed by atoms with E-state index in [1.807, 2.05) is 0 Å². The van der Waals surface area contributed by atoms with Crippen LogP contribution in [0.5, 0.6) is 0 Å². The lowest BCUT2D eigenvalue weighted by Crippen LogP contribution is -2.29. The van der Waals surface area contributed by atoms with Gasteiger partial charge >= 0.3 is 6.18 Å². The maximum atomic E-state index is 13.0.